The van der Waals surface area contributed by atoms with Gasteiger partial charge in [0.1, 0.15) is 5.57 Å². The molecule has 0 bridgehead atoms. The first kappa shape index (κ1) is 17.7. The number of aryl methyl sites for hydroxylation is 1. The molecule has 2 aromatic rings. The van der Waals surface area contributed by atoms with Crippen molar-refractivity contribution >= 4 is 11.9 Å². The van der Waals surface area contributed by atoms with Gasteiger partial charge in [-0.2, -0.15) is 0 Å². The van der Waals surface area contributed by atoms with E-state index in [1.165, 1.54) is 4.90 Å². The smallest absolute Gasteiger partial charge is 0.340 e. The summed E-state index contributed by atoms with van der Waals surface area (Å²) in [6, 6.07) is 10.4. The van der Waals surface area contributed by atoms with Crippen LogP contribution in [0.15, 0.2) is 60.1 Å². The average Bonchev–Trinajstić information content (AvgIpc) is 2.88. The van der Waals surface area contributed by atoms with Gasteiger partial charge in [0.15, 0.2) is 5.76 Å². The number of ether oxygens (including phenoxy) is 1. The maximum atomic E-state index is 12.7. The molecule has 1 aromatic carbocycles. The summed E-state index contributed by atoms with van der Waals surface area (Å²) < 4.78 is 5.07. The van der Waals surface area contributed by atoms with E-state index in [9.17, 15) is 14.7 Å². The van der Waals surface area contributed by atoms with Gasteiger partial charge in [-0.3, -0.25) is 9.78 Å². The molecule has 26 heavy (non-hydrogen) atoms. The molecule has 2 heterocycles. The van der Waals surface area contributed by atoms with Crippen molar-refractivity contribution in [3.63, 3.8) is 0 Å². The molecule has 0 aliphatic carbocycles. The summed E-state index contributed by atoms with van der Waals surface area (Å²) in [6.45, 7) is 4.02. The lowest BCUT2D eigenvalue weighted by atomic mass is 9.98. The van der Waals surface area contributed by atoms with E-state index in [0.29, 0.717) is 0 Å². The molecule has 0 unspecified atom stereocenters. The highest BCUT2D eigenvalue weighted by Crippen LogP contribution is 2.38. The molecular weight excluding hydrogens is 332 g/mol. The number of hydrogen-bond acceptors (Lipinski definition) is 5. The first-order valence-electron chi connectivity index (χ1n) is 8.39. The van der Waals surface area contributed by atoms with Crippen molar-refractivity contribution in [3.8, 4) is 0 Å². The van der Waals surface area contributed by atoms with Crippen molar-refractivity contribution in [3.05, 3.63) is 76.8 Å². The molecule has 6 nitrogen and oxygen atoms in total. The predicted molar refractivity (Wildman–Crippen MR) is 95.0 cm³/mol. The second-order valence-electron chi connectivity index (χ2n) is 6.09. The Kier molecular flexibility index (Phi) is 5.02. The molecule has 0 radical (unpaired) electrons. The minimum Gasteiger partial charge on any atom is -0.503 e. The van der Waals surface area contributed by atoms with Gasteiger partial charge in [-0.05, 0) is 31.0 Å². The number of aromatic nitrogens is 1. The van der Waals surface area contributed by atoms with Crippen LogP contribution in [-0.2, 0) is 20.9 Å². The highest BCUT2D eigenvalue weighted by atomic mass is 16.5. The molecule has 1 aliphatic heterocycles. The van der Waals surface area contributed by atoms with Crippen molar-refractivity contribution in [2.75, 3.05) is 6.61 Å². The van der Waals surface area contributed by atoms with E-state index in [2.05, 4.69) is 4.98 Å². The first-order chi connectivity index (χ1) is 12.5. The van der Waals surface area contributed by atoms with E-state index < -0.39 is 23.7 Å². The van der Waals surface area contributed by atoms with Crippen LogP contribution in [0, 0.1) is 6.92 Å². The fourth-order valence-corrected chi connectivity index (χ4v) is 3.02. The van der Waals surface area contributed by atoms with Crippen LogP contribution in [-0.4, -0.2) is 33.5 Å². The Bertz CT molecular complexity index is 844. The van der Waals surface area contributed by atoms with Crippen LogP contribution in [0.25, 0.3) is 0 Å². The fraction of sp³-hybridized carbons (Fsp3) is 0.250. The van der Waals surface area contributed by atoms with E-state index >= 15 is 0 Å². The summed E-state index contributed by atoms with van der Waals surface area (Å²) in [7, 11) is 0. The first-order valence-corrected chi connectivity index (χ1v) is 8.39. The quantitative estimate of drug-likeness (QED) is 0.837. The zero-order valence-electron chi connectivity index (χ0n) is 14.7. The average molecular weight is 352 g/mol. The number of carbonyl (C=O) groups excluding carboxylic acids is 2. The van der Waals surface area contributed by atoms with Gasteiger partial charge in [0.05, 0.1) is 12.6 Å². The summed E-state index contributed by atoms with van der Waals surface area (Å²) in [5.41, 5.74) is 2.57. The largest absolute Gasteiger partial charge is 0.503 e. The number of esters is 1. The maximum Gasteiger partial charge on any atom is 0.340 e. The van der Waals surface area contributed by atoms with Crippen molar-refractivity contribution in [2.24, 2.45) is 0 Å². The highest BCUT2D eigenvalue weighted by molar-refractivity contribution is 6.06. The van der Waals surface area contributed by atoms with Crippen LogP contribution >= 0.6 is 0 Å². The lowest BCUT2D eigenvalue weighted by Gasteiger charge is -2.26. The number of aliphatic hydroxyl groups is 1. The van der Waals surface area contributed by atoms with Crippen molar-refractivity contribution in [1.82, 2.24) is 9.88 Å². The van der Waals surface area contributed by atoms with Crippen LogP contribution in [0.5, 0.6) is 0 Å². The summed E-state index contributed by atoms with van der Waals surface area (Å²) in [5.74, 6) is -1.84. The van der Waals surface area contributed by atoms with Crippen LogP contribution in [0.1, 0.15) is 29.7 Å². The van der Waals surface area contributed by atoms with Crippen molar-refractivity contribution in [2.45, 2.75) is 26.4 Å². The second kappa shape index (κ2) is 7.39. The molecule has 0 saturated carbocycles. The Balaban J connectivity index is 2.04. The summed E-state index contributed by atoms with van der Waals surface area (Å²) in [4.78, 5) is 30.6. The molecule has 1 aliphatic rings. The zero-order chi connectivity index (χ0) is 18.7. The lowest BCUT2D eigenvalue weighted by molar-refractivity contribution is -0.139. The number of benzene rings is 1. The zero-order valence-corrected chi connectivity index (χ0v) is 14.7. The van der Waals surface area contributed by atoms with Gasteiger partial charge < -0.3 is 14.7 Å². The monoisotopic (exact) mass is 352 g/mol. The van der Waals surface area contributed by atoms with Gasteiger partial charge in [-0.25, -0.2) is 4.79 Å². The number of rotatable bonds is 5. The normalized spacial score (nSPS) is 16.9. The molecule has 1 atom stereocenters. The highest BCUT2D eigenvalue weighted by Gasteiger charge is 2.44. The molecular formula is C20H20N2O4. The van der Waals surface area contributed by atoms with Gasteiger partial charge in [0.2, 0.25) is 0 Å². The maximum absolute atomic E-state index is 12.7. The molecule has 1 aromatic heterocycles. The number of amides is 1. The van der Waals surface area contributed by atoms with Gasteiger partial charge in [0.25, 0.3) is 5.91 Å². The van der Waals surface area contributed by atoms with Gasteiger partial charge in [0, 0.05) is 18.9 Å². The van der Waals surface area contributed by atoms with E-state index in [0.717, 1.165) is 16.7 Å². The topological polar surface area (TPSA) is 79.7 Å². The Morgan fingerprint density at radius 2 is 2.00 bits per heavy atom. The third-order valence-corrected chi connectivity index (χ3v) is 4.27. The molecule has 0 fully saturated rings. The van der Waals surface area contributed by atoms with E-state index in [4.69, 9.17) is 4.74 Å². The molecule has 0 saturated heterocycles. The Morgan fingerprint density at radius 3 is 2.62 bits per heavy atom. The minimum atomic E-state index is -0.706. The number of pyridine rings is 1. The van der Waals surface area contributed by atoms with Gasteiger partial charge >= 0.3 is 5.97 Å². The molecule has 1 N–H and O–H groups in total. The van der Waals surface area contributed by atoms with Gasteiger partial charge in [-0.15, -0.1) is 0 Å². The Hall–Kier alpha value is -3.15. The van der Waals surface area contributed by atoms with Crippen molar-refractivity contribution < 1.29 is 19.4 Å². The Morgan fingerprint density at radius 1 is 1.27 bits per heavy atom. The standard InChI is InChI=1S/C20H20N2O4/c1-3-26-20(25)16-17(15-8-6-13(2)7-9-15)22(19(24)18(16)23)12-14-5-4-10-21-11-14/h4-11,17,23H,3,12H2,1-2H3/t17-/m1/s1. The summed E-state index contributed by atoms with van der Waals surface area (Å²) in [6.07, 6.45) is 3.30. The van der Waals surface area contributed by atoms with Crippen LogP contribution < -0.4 is 0 Å². The third-order valence-electron chi connectivity index (χ3n) is 4.27. The third kappa shape index (κ3) is 3.31. The number of aliphatic hydroxyl groups excluding tert-OH is 1. The SMILES string of the molecule is CCOC(=O)C1=C(O)C(=O)N(Cc2cccnc2)[C@@H]1c1ccc(C)cc1. The van der Waals surface area contributed by atoms with E-state index in [1.54, 1.807) is 25.4 Å². The fourth-order valence-electron chi connectivity index (χ4n) is 3.02. The summed E-state index contributed by atoms with van der Waals surface area (Å²) >= 11 is 0. The number of nitrogens with zero attached hydrogens (tertiary/aromatic N) is 2. The lowest BCUT2D eigenvalue weighted by Crippen LogP contribution is -2.31. The molecule has 3 rings (SSSR count). The van der Waals surface area contributed by atoms with Gasteiger partial charge in [-0.1, -0.05) is 35.9 Å². The predicted octanol–water partition coefficient (Wildman–Crippen LogP) is 2.85. The van der Waals surface area contributed by atoms with Crippen LogP contribution in [0.3, 0.4) is 0 Å². The van der Waals surface area contributed by atoms with Crippen molar-refractivity contribution in [1.29, 1.82) is 0 Å². The molecule has 0 spiro atoms. The number of hydrogen-bond donors (Lipinski definition) is 1. The van der Waals surface area contributed by atoms with Crippen LogP contribution in [0.4, 0.5) is 0 Å². The number of carbonyl (C=O) groups is 2. The molecule has 1 amide bonds. The Labute approximate surface area is 151 Å². The molecule has 6 heteroatoms. The van der Waals surface area contributed by atoms with E-state index in [1.807, 2.05) is 37.3 Å². The van der Waals surface area contributed by atoms with Crippen LogP contribution in [0.2, 0.25) is 0 Å². The second-order valence-corrected chi connectivity index (χ2v) is 6.09. The molecule has 134 valence electrons. The van der Waals surface area contributed by atoms with E-state index in [-0.39, 0.29) is 18.7 Å². The minimum absolute atomic E-state index is 0.0235. The summed E-state index contributed by atoms with van der Waals surface area (Å²) in [5, 5.41) is 10.4.